The van der Waals surface area contributed by atoms with Crippen molar-refractivity contribution in [1.82, 2.24) is 0 Å². The molecule has 1 unspecified atom stereocenters. The number of hydrogen-bond acceptors (Lipinski definition) is 3. The molecule has 1 heterocycles. The van der Waals surface area contributed by atoms with E-state index in [1.807, 2.05) is 13.0 Å². The molecule has 0 bridgehead atoms. The molecule has 16 heavy (non-hydrogen) atoms. The summed E-state index contributed by atoms with van der Waals surface area (Å²) >= 11 is 10.9. The van der Waals surface area contributed by atoms with Gasteiger partial charge in [0.15, 0.2) is 9.84 Å². The predicted molar refractivity (Wildman–Crippen MR) is 74.7 cm³/mol. The molecule has 1 aromatic rings. The first-order chi connectivity index (χ1) is 7.07. The fourth-order valence-electron chi connectivity index (χ4n) is 1.14. The predicted octanol–water partition coefficient (Wildman–Crippen LogP) is 3.97. The lowest BCUT2D eigenvalue weighted by molar-refractivity contribution is 0.550. The van der Waals surface area contributed by atoms with Crippen molar-refractivity contribution in [2.75, 3.05) is 6.26 Å². The number of alkyl halides is 1. The van der Waals surface area contributed by atoms with Crippen LogP contribution in [0, 0.1) is 6.92 Å². The quantitative estimate of drug-likeness (QED) is 0.777. The Morgan fingerprint density at radius 3 is 2.31 bits per heavy atom. The Labute approximate surface area is 114 Å². The molecule has 0 fully saturated rings. The van der Waals surface area contributed by atoms with Gasteiger partial charge in [0.05, 0.1) is 13.9 Å². The molecule has 6 heteroatoms. The first-order valence-electron chi connectivity index (χ1n) is 4.67. The Morgan fingerprint density at radius 2 is 2.00 bits per heavy atom. The minimum absolute atomic E-state index is 0.244. The van der Waals surface area contributed by atoms with Gasteiger partial charge in [0.1, 0.15) is 0 Å². The van der Waals surface area contributed by atoms with Gasteiger partial charge in [-0.3, -0.25) is 0 Å². The Balaban J connectivity index is 3.17. The van der Waals surface area contributed by atoms with E-state index < -0.39 is 14.6 Å². The molecule has 1 rings (SSSR count). The minimum atomic E-state index is -3.14. The van der Waals surface area contributed by atoms with E-state index in [-0.39, 0.29) is 4.83 Å². The second-order valence-electron chi connectivity index (χ2n) is 4.34. The van der Waals surface area contributed by atoms with Crippen LogP contribution in [-0.4, -0.2) is 19.4 Å². The van der Waals surface area contributed by atoms with Crippen LogP contribution in [-0.2, 0) is 9.84 Å². The Bertz CT molecular complexity index is 471. The van der Waals surface area contributed by atoms with E-state index >= 15 is 0 Å². The summed E-state index contributed by atoms with van der Waals surface area (Å²) in [6, 6.07) is 1.93. The summed E-state index contributed by atoms with van der Waals surface area (Å²) in [4.78, 5) is 0.698. The number of aryl methyl sites for hydroxylation is 1. The standard InChI is InChI=1S/C10H14BrClO2S2/c1-6-5-7(15-9(6)12)8(11)10(2,3)16(4,13)14/h5,8H,1-4H3. The highest BCUT2D eigenvalue weighted by molar-refractivity contribution is 9.09. The van der Waals surface area contributed by atoms with Crippen LogP contribution >= 0.6 is 38.9 Å². The van der Waals surface area contributed by atoms with Crippen molar-refractivity contribution < 1.29 is 8.42 Å². The summed E-state index contributed by atoms with van der Waals surface area (Å²) in [6.07, 6.45) is 1.25. The summed E-state index contributed by atoms with van der Waals surface area (Å²) in [5.41, 5.74) is 0.982. The van der Waals surface area contributed by atoms with Crippen LogP contribution in [0.5, 0.6) is 0 Å². The molecule has 0 saturated carbocycles. The fraction of sp³-hybridized carbons (Fsp3) is 0.600. The summed E-state index contributed by atoms with van der Waals surface area (Å²) in [5.74, 6) is 0. The van der Waals surface area contributed by atoms with Crippen LogP contribution in [0.4, 0.5) is 0 Å². The zero-order valence-electron chi connectivity index (χ0n) is 9.54. The van der Waals surface area contributed by atoms with Crippen LogP contribution in [0.15, 0.2) is 6.07 Å². The lowest BCUT2D eigenvalue weighted by Crippen LogP contribution is -2.34. The second-order valence-corrected chi connectivity index (χ2v) is 9.54. The SMILES string of the molecule is Cc1cc(C(Br)C(C)(C)S(C)(=O)=O)sc1Cl. The monoisotopic (exact) mass is 344 g/mol. The maximum absolute atomic E-state index is 11.7. The van der Waals surface area contributed by atoms with E-state index in [9.17, 15) is 8.42 Å². The smallest absolute Gasteiger partial charge is 0.154 e. The number of rotatable bonds is 3. The lowest BCUT2D eigenvalue weighted by Gasteiger charge is -2.27. The van der Waals surface area contributed by atoms with Crippen molar-refractivity contribution in [2.45, 2.75) is 30.3 Å². The van der Waals surface area contributed by atoms with Crippen LogP contribution in [0.3, 0.4) is 0 Å². The van der Waals surface area contributed by atoms with Crippen molar-refractivity contribution in [3.63, 3.8) is 0 Å². The fourth-order valence-corrected chi connectivity index (χ4v) is 4.53. The van der Waals surface area contributed by atoms with Crippen molar-refractivity contribution in [3.05, 3.63) is 20.8 Å². The molecular formula is C10H14BrClO2S2. The van der Waals surface area contributed by atoms with Gasteiger partial charge in [-0.1, -0.05) is 27.5 Å². The van der Waals surface area contributed by atoms with Crippen LogP contribution in [0.25, 0.3) is 0 Å². The molecule has 2 nitrogen and oxygen atoms in total. The molecule has 0 spiro atoms. The van der Waals surface area contributed by atoms with Crippen LogP contribution in [0.2, 0.25) is 4.34 Å². The Hall–Kier alpha value is 0.420. The molecule has 1 aromatic heterocycles. The summed E-state index contributed by atoms with van der Waals surface area (Å²) in [6.45, 7) is 5.34. The minimum Gasteiger partial charge on any atom is -0.229 e. The Morgan fingerprint density at radius 1 is 1.50 bits per heavy atom. The molecule has 0 amide bonds. The van der Waals surface area contributed by atoms with Gasteiger partial charge in [0, 0.05) is 11.1 Å². The van der Waals surface area contributed by atoms with Crippen molar-refractivity contribution in [1.29, 1.82) is 0 Å². The van der Waals surface area contributed by atoms with Crippen molar-refractivity contribution >= 4 is 48.7 Å². The zero-order valence-corrected chi connectivity index (χ0v) is 13.5. The third-order valence-electron chi connectivity index (χ3n) is 2.69. The molecule has 0 N–H and O–H groups in total. The van der Waals surface area contributed by atoms with Gasteiger partial charge >= 0.3 is 0 Å². The molecule has 92 valence electrons. The topological polar surface area (TPSA) is 34.1 Å². The normalized spacial score (nSPS) is 15.1. The van der Waals surface area contributed by atoms with E-state index in [2.05, 4.69) is 15.9 Å². The Kier molecular flexibility index (Phi) is 4.16. The first kappa shape index (κ1) is 14.5. The van der Waals surface area contributed by atoms with Gasteiger partial charge in [0.25, 0.3) is 0 Å². The highest BCUT2D eigenvalue weighted by atomic mass is 79.9. The average Bonchev–Trinajstić information content (AvgIpc) is 2.43. The van der Waals surface area contributed by atoms with Crippen LogP contribution < -0.4 is 0 Å². The molecule has 0 aliphatic heterocycles. The first-order valence-corrected chi connectivity index (χ1v) is 8.67. The van der Waals surface area contributed by atoms with Gasteiger partial charge in [0.2, 0.25) is 0 Å². The number of halogens is 2. The van der Waals surface area contributed by atoms with Crippen molar-refractivity contribution in [3.8, 4) is 0 Å². The van der Waals surface area contributed by atoms with E-state index in [1.54, 1.807) is 13.8 Å². The van der Waals surface area contributed by atoms with Crippen LogP contribution in [0.1, 0.15) is 29.1 Å². The summed E-state index contributed by atoms with van der Waals surface area (Å²) in [7, 11) is -3.14. The zero-order chi connectivity index (χ0) is 12.7. The lowest BCUT2D eigenvalue weighted by atomic mass is 10.1. The molecular weight excluding hydrogens is 332 g/mol. The maximum atomic E-state index is 11.7. The summed E-state index contributed by atoms with van der Waals surface area (Å²) < 4.78 is 23.3. The van der Waals surface area contributed by atoms with E-state index in [4.69, 9.17) is 11.6 Å². The molecule has 0 radical (unpaired) electrons. The largest absolute Gasteiger partial charge is 0.229 e. The van der Waals surface area contributed by atoms with Gasteiger partial charge in [-0.15, -0.1) is 11.3 Å². The molecule has 1 atom stereocenters. The van der Waals surface area contributed by atoms with Gasteiger partial charge in [-0.05, 0) is 32.4 Å². The average molecular weight is 346 g/mol. The molecule has 0 aliphatic carbocycles. The third kappa shape index (κ3) is 2.63. The highest BCUT2D eigenvalue weighted by Gasteiger charge is 2.39. The molecule has 0 aliphatic rings. The van der Waals surface area contributed by atoms with Gasteiger partial charge in [-0.2, -0.15) is 0 Å². The van der Waals surface area contributed by atoms with E-state index in [0.29, 0.717) is 4.34 Å². The summed E-state index contributed by atoms with van der Waals surface area (Å²) in [5, 5.41) is 0. The van der Waals surface area contributed by atoms with E-state index in [0.717, 1.165) is 10.4 Å². The molecule has 0 saturated heterocycles. The van der Waals surface area contributed by atoms with Gasteiger partial charge < -0.3 is 0 Å². The maximum Gasteiger partial charge on any atom is 0.154 e. The van der Waals surface area contributed by atoms with Crippen molar-refractivity contribution in [2.24, 2.45) is 0 Å². The number of hydrogen-bond donors (Lipinski definition) is 0. The highest BCUT2D eigenvalue weighted by Crippen LogP contribution is 2.43. The third-order valence-corrected chi connectivity index (χ3v) is 8.70. The van der Waals surface area contributed by atoms with E-state index in [1.165, 1.54) is 17.6 Å². The number of thiophene rings is 1. The van der Waals surface area contributed by atoms with Gasteiger partial charge in [-0.25, -0.2) is 8.42 Å². The second kappa shape index (κ2) is 4.59. The number of sulfone groups is 1. The molecule has 0 aromatic carbocycles.